The maximum atomic E-state index is 5.99. The van der Waals surface area contributed by atoms with E-state index >= 15 is 0 Å². The first-order valence-corrected chi connectivity index (χ1v) is 10.9. The molecule has 2 rings (SSSR count). The van der Waals surface area contributed by atoms with Crippen LogP contribution in [-0.2, 0) is 14.2 Å². The number of nitrogens with zero attached hydrogens (tertiary/aromatic N) is 2. The van der Waals surface area contributed by atoms with Gasteiger partial charge in [-0.1, -0.05) is 12.8 Å². The molecule has 2 aliphatic rings. The molecular formula is C21H41N3O3. The molecule has 6 heteroatoms. The van der Waals surface area contributed by atoms with E-state index < -0.39 is 0 Å². The number of likely N-dealkylation sites (tertiary alicyclic amines) is 1. The Hall–Kier alpha value is -0.850. The summed E-state index contributed by atoms with van der Waals surface area (Å²) in [6, 6.07) is 0. The van der Waals surface area contributed by atoms with Crippen molar-refractivity contribution in [2.24, 2.45) is 10.4 Å². The quantitative estimate of drug-likeness (QED) is 0.338. The van der Waals surface area contributed by atoms with E-state index in [0.717, 1.165) is 77.6 Å². The lowest BCUT2D eigenvalue weighted by Gasteiger charge is -2.35. The summed E-state index contributed by atoms with van der Waals surface area (Å²) in [5, 5.41) is 3.51. The Bertz CT molecular complexity index is 417. The van der Waals surface area contributed by atoms with Crippen LogP contribution in [0.25, 0.3) is 0 Å². The van der Waals surface area contributed by atoms with Crippen LogP contribution < -0.4 is 5.32 Å². The zero-order valence-electron chi connectivity index (χ0n) is 17.8. The number of piperidine rings is 1. The maximum absolute atomic E-state index is 5.99. The minimum absolute atomic E-state index is 0.347. The Labute approximate surface area is 166 Å². The summed E-state index contributed by atoms with van der Waals surface area (Å²) in [5.41, 5.74) is 0.347. The Morgan fingerprint density at radius 1 is 1.07 bits per heavy atom. The topological polar surface area (TPSA) is 55.3 Å². The fraction of sp³-hybridized carbons (Fsp3) is 0.952. The third-order valence-corrected chi connectivity index (χ3v) is 5.99. The number of hydrogen-bond donors (Lipinski definition) is 1. The van der Waals surface area contributed by atoms with Gasteiger partial charge in [0.2, 0.25) is 0 Å². The third-order valence-electron chi connectivity index (χ3n) is 5.99. The van der Waals surface area contributed by atoms with Crippen LogP contribution in [0.1, 0.15) is 58.3 Å². The molecule has 6 nitrogen and oxygen atoms in total. The monoisotopic (exact) mass is 383 g/mol. The molecule has 0 radical (unpaired) electrons. The number of nitrogens with one attached hydrogen (secondary N) is 1. The lowest BCUT2D eigenvalue weighted by atomic mass is 9.83. The van der Waals surface area contributed by atoms with E-state index in [1.807, 2.05) is 0 Å². The normalized spacial score (nSPS) is 21.0. The Morgan fingerprint density at radius 2 is 1.78 bits per heavy atom. The van der Waals surface area contributed by atoms with Crippen LogP contribution in [0, 0.1) is 5.41 Å². The standard InChI is InChI=1S/C21H41N3O3/c1-4-22-20(23-18-21(12-17-26-3)10-5-6-11-21)24-13-8-19(9-14-24)27-16-7-15-25-2/h19H,4-18H2,1-3H3,(H,22,23). The predicted octanol–water partition coefficient (Wildman–Crippen LogP) is 3.07. The minimum Gasteiger partial charge on any atom is -0.385 e. The second kappa shape index (κ2) is 12.6. The van der Waals surface area contributed by atoms with Gasteiger partial charge in [-0.25, -0.2) is 0 Å². The molecule has 0 amide bonds. The molecular weight excluding hydrogens is 342 g/mol. The third kappa shape index (κ3) is 7.59. The summed E-state index contributed by atoms with van der Waals surface area (Å²) < 4.78 is 16.4. The fourth-order valence-corrected chi connectivity index (χ4v) is 4.29. The van der Waals surface area contributed by atoms with Crippen LogP contribution >= 0.6 is 0 Å². The number of methoxy groups -OCH3 is 2. The largest absolute Gasteiger partial charge is 0.385 e. The van der Waals surface area contributed by atoms with Crippen molar-refractivity contribution in [3.05, 3.63) is 0 Å². The van der Waals surface area contributed by atoms with E-state index in [1.54, 1.807) is 14.2 Å². The molecule has 0 bridgehead atoms. The van der Waals surface area contributed by atoms with Crippen molar-refractivity contribution < 1.29 is 14.2 Å². The summed E-state index contributed by atoms with van der Waals surface area (Å²) in [6.07, 6.45) is 9.88. The van der Waals surface area contributed by atoms with E-state index in [-0.39, 0.29) is 0 Å². The van der Waals surface area contributed by atoms with Gasteiger partial charge in [-0.3, -0.25) is 4.99 Å². The average molecular weight is 384 g/mol. The highest BCUT2D eigenvalue weighted by Gasteiger charge is 2.33. The summed E-state index contributed by atoms with van der Waals surface area (Å²) in [5.74, 6) is 1.08. The Morgan fingerprint density at radius 3 is 2.41 bits per heavy atom. The van der Waals surface area contributed by atoms with Gasteiger partial charge in [0.15, 0.2) is 5.96 Å². The highest BCUT2D eigenvalue weighted by molar-refractivity contribution is 5.80. The Balaban J connectivity index is 1.84. The molecule has 27 heavy (non-hydrogen) atoms. The van der Waals surface area contributed by atoms with Crippen molar-refractivity contribution in [3.63, 3.8) is 0 Å². The zero-order chi connectivity index (χ0) is 19.4. The highest BCUT2D eigenvalue weighted by atomic mass is 16.5. The molecule has 0 unspecified atom stereocenters. The number of rotatable bonds is 11. The molecule has 0 spiro atoms. The lowest BCUT2D eigenvalue weighted by Crippen LogP contribution is -2.47. The van der Waals surface area contributed by atoms with Gasteiger partial charge in [0.1, 0.15) is 0 Å². The van der Waals surface area contributed by atoms with Gasteiger partial charge in [0, 0.05) is 60.2 Å². The van der Waals surface area contributed by atoms with Crippen molar-refractivity contribution in [2.75, 3.05) is 60.2 Å². The van der Waals surface area contributed by atoms with Crippen molar-refractivity contribution in [2.45, 2.75) is 64.4 Å². The first-order valence-electron chi connectivity index (χ1n) is 10.9. The first kappa shape index (κ1) is 22.4. The second-order valence-electron chi connectivity index (χ2n) is 8.02. The van der Waals surface area contributed by atoms with E-state index in [0.29, 0.717) is 11.5 Å². The summed E-state index contributed by atoms with van der Waals surface area (Å²) in [6.45, 7) is 8.45. The van der Waals surface area contributed by atoms with Crippen LogP contribution in [0.15, 0.2) is 4.99 Å². The van der Waals surface area contributed by atoms with Gasteiger partial charge in [0.05, 0.1) is 6.10 Å². The van der Waals surface area contributed by atoms with Gasteiger partial charge in [-0.05, 0) is 50.9 Å². The smallest absolute Gasteiger partial charge is 0.193 e. The summed E-state index contributed by atoms with van der Waals surface area (Å²) in [7, 11) is 3.54. The molecule has 1 saturated heterocycles. The first-order chi connectivity index (χ1) is 13.2. The molecule has 158 valence electrons. The van der Waals surface area contributed by atoms with Gasteiger partial charge in [0.25, 0.3) is 0 Å². The summed E-state index contributed by atoms with van der Waals surface area (Å²) in [4.78, 5) is 7.49. The molecule has 1 heterocycles. The van der Waals surface area contributed by atoms with Crippen molar-refractivity contribution in [1.29, 1.82) is 0 Å². The van der Waals surface area contributed by atoms with E-state index in [4.69, 9.17) is 19.2 Å². The molecule has 1 aliphatic heterocycles. The molecule has 1 aliphatic carbocycles. The number of guanidine groups is 1. The Kier molecular flexibility index (Phi) is 10.5. The molecule has 0 aromatic carbocycles. The minimum atomic E-state index is 0.347. The molecule has 0 aromatic rings. The van der Waals surface area contributed by atoms with Crippen molar-refractivity contribution >= 4 is 5.96 Å². The van der Waals surface area contributed by atoms with Gasteiger partial charge < -0.3 is 24.4 Å². The fourth-order valence-electron chi connectivity index (χ4n) is 4.29. The van der Waals surface area contributed by atoms with Crippen LogP contribution in [0.2, 0.25) is 0 Å². The maximum Gasteiger partial charge on any atom is 0.193 e. The summed E-state index contributed by atoms with van der Waals surface area (Å²) >= 11 is 0. The van der Waals surface area contributed by atoms with E-state index in [1.165, 1.54) is 25.7 Å². The second-order valence-corrected chi connectivity index (χ2v) is 8.02. The SMILES string of the molecule is CCNC(=NCC1(CCOC)CCCC1)N1CCC(OCCCOC)CC1. The number of ether oxygens (including phenoxy) is 3. The van der Waals surface area contributed by atoms with Crippen molar-refractivity contribution in [3.8, 4) is 0 Å². The van der Waals surface area contributed by atoms with E-state index in [2.05, 4.69) is 17.1 Å². The van der Waals surface area contributed by atoms with Crippen LogP contribution in [-0.4, -0.2) is 77.2 Å². The van der Waals surface area contributed by atoms with E-state index in [9.17, 15) is 0 Å². The van der Waals surface area contributed by atoms with Gasteiger partial charge in [-0.15, -0.1) is 0 Å². The van der Waals surface area contributed by atoms with Crippen LogP contribution in [0.4, 0.5) is 0 Å². The molecule has 2 fully saturated rings. The van der Waals surface area contributed by atoms with Gasteiger partial charge in [-0.2, -0.15) is 0 Å². The van der Waals surface area contributed by atoms with Crippen molar-refractivity contribution in [1.82, 2.24) is 10.2 Å². The molecule has 0 aromatic heterocycles. The highest BCUT2D eigenvalue weighted by Crippen LogP contribution is 2.41. The zero-order valence-corrected chi connectivity index (χ0v) is 17.8. The number of aliphatic imine (C=N–C) groups is 1. The lowest BCUT2D eigenvalue weighted by molar-refractivity contribution is 0.00986. The van der Waals surface area contributed by atoms with Crippen LogP contribution in [0.3, 0.4) is 0 Å². The molecule has 1 N–H and O–H groups in total. The molecule has 0 atom stereocenters. The number of hydrogen-bond acceptors (Lipinski definition) is 4. The molecule has 1 saturated carbocycles. The average Bonchev–Trinajstić information content (AvgIpc) is 3.17. The predicted molar refractivity (Wildman–Crippen MR) is 110 cm³/mol. The van der Waals surface area contributed by atoms with Gasteiger partial charge >= 0.3 is 0 Å². The van der Waals surface area contributed by atoms with Crippen LogP contribution in [0.5, 0.6) is 0 Å².